The van der Waals surface area contributed by atoms with Crippen LogP contribution in [-0.4, -0.2) is 24.0 Å². The third-order valence-electron chi connectivity index (χ3n) is 3.67. The fourth-order valence-electron chi connectivity index (χ4n) is 2.35. The normalized spacial score (nSPS) is 12.4. The molecule has 1 heterocycles. The van der Waals surface area contributed by atoms with Crippen molar-refractivity contribution >= 4 is 41.3 Å². The van der Waals surface area contributed by atoms with E-state index in [4.69, 9.17) is 0 Å². The molecule has 26 heavy (non-hydrogen) atoms. The highest BCUT2D eigenvalue weighted by Crippen LogP contribution is 2.17. The SMILES string of the molecule is CCNC(=NCCc1ncc(CC)s1)NC(C)c1ccc(F)cc1F.I. The number of aromatic nitrogens is 1. The number of hydrogen-bond donors (Lipinski definition) is 2. The number of halogens is 3. The maximum atomic E-state index is 13.9. The Labute approximate surface area is 174 Å². The summed E-state index contributed by atoms with van der Waals surface area (Å²) >= 11 is 1.71. The first kappa shape index (κ1) is 22.8. The predicted molar refractivity (Wildman–Crippen MR) is 114 cm³/mol. The van der Waals surface area contributed by atoms with Crippen molar-refractivity contribution in [2.24, 2.45) is 4.99 Å². The van der Waals surface area contributed by atoms with Crippen molar-refractivity contribution in [1.29, 1.82) is 0 Å². The summed E-state index contributed by atoms with van der Waals surface area (Å²) in [6, 6.07) is 3.28. The first-order valence-electron chi connectivity index (χ1n) is 8.46. The van der Waals surface area contributed by atoms with E-state index < -0.39 is 11.6 Å². The quantitative estimate of drug-likeness (QED) is 0.340. The Morgan fingerprint density at radius 1 is 1.31 bits per heavy atom. The van der Waals surface area contributed by atoms with Crippen LogP contribution < -0.4 is 10.6 Å². The second-order valence-electron chi connectivity index (χ2n) is 5.62. The van der Waals surface area contributed by atoms with Gasteiger partial charge in [0.1, 0.15) is 11.6 Å². The van der Waals surface area contributed by atoms with Crippen LogP contribution in [0.1, 0.15) is 42.3 Å². The van der Waals surface area contributed by atoms with Gasteiger partial charge in [-0.15, -0.1) is 35.3 Å². The van der Waals surface area contributed by atoms with Crippen molar-refractivity contribution in [3.63, 3.8) is 0 Å². The number of benzene rings is 1. The summed E-state index contributed by atoms with van der Waals surface area (Å²) in [4.78, 5) is 10.2. The van der Waals surface area contributed by atoms with Gasteiger partial charge in [0.15, 0.2) is 5.96 Å². The lowest BCUT2D eigenvalue weighted by molar-refractivity contribution is 0.551. The average Bonchev–Trinajstić information content (AvgIpc) is 3.02. The first-order chi connectivity index (χ1) is 12.0. The molecule has 0 radical (unpaired) electrons. The van der Waals surface area contributed by atoms with Crippen LogP contribution in [0.15, 0.2) is 29.4 Å². The highest BCUT2D eigenvalue weighted by Gasteiger charge is 2.13. The number of nitrogens with zero attached hydrogens (tertiary/aromatic N) is 2. The van der Waals surface area contributed by atoms with E-state index in [0.717, 1.165) is 23.9 Å². The van der Waals surface area contributed by atoms with Gasteiger partial charge in [-0.05, 0) is 26.3 Å². The van der Waals surface area contributed by atoms with Crippen molar-refractivity contribution in [1.82, 2.24) is 15.6 Å². The smallest absolute Gasteiger partial charge is 0.191 e. The van der Waals surface area contributed by atoms with Gasteiger partial charge in [0.2, 0.25) is 0 Å². The molecule has 144 valence electrons. The highest BCUT2D eigenvalue weighted by atomic mass is 127. The van der Waals surface area contributed by atoms with Crippen LogP contribution in [0.4, 0.5) is 8.78 Å². The van der Waals surface area contributed by atoms with E-state index in [1.165, 1.54) is 17.0 Å². The second kappa shape index (κ2) is 11.4. The van der Waals surface area contributed by atoms with Gasteiger partial charge in [-0.2, -0.15) is 0 Å². The van der Waals surface area contributed by atoms with Crippen LogP contribution in [0.2, 0.25) is 0 Å². The zero-order valence-electron chi connectivity index (χ0n) is 15.2. The molecule has 0 saturated carbocycles. The van der Waals surface area contributed by atoms with Gasteiger partial charge in [-0.25, -0.2) is 13.8 Å². The van der Waals surface area contributed by atoms with E-state index in [1.807, 2.05) is 20.0 Å². The lowest BCUT2D eigenvalue weighted by Gasteiger charge is -2.18. The zero-order valence-corrected chi connectivity index (χ0v) is 18.3. The summed E-state index contributed by atoms with van der Waals surface area (Å²) in [5.41, 5.74) is 0.402. The van der Waals surface area contributed by atoms with Crippen molar-refractivity contribution in [3.8, 4) is 0 Å². The third-order valence-corrected chi connectivity index (χ3v) is 4.87. The Bertz CT molecular complexity index is 721. The van der Waals surface area contributed by atoms with E-state index in [9.17, 15) is 8.78 Å². The molecule has 1 unspecified atom stereocenters. The summed E-state index contributed by atoms with van der Waals surface area (Å²) in [5, 5.41) is 7.36. The van der Waals surface area contributed by atoms with E-state index in [0.29, 0.717) is 24.6 Å². The van der Waals surface area contributed by atoms with E-state index in [-0.39, 0.29) is 30.0 Å². The van der Waals surface area contributed by atoms with E-state index >= 15 is 0 Å². The Morgan fingerprint density at radius 3 is 2.69 bits per heavy atom. The molecular weight excluding hydrogens is 469 g/mol. The summed E-state index contributed by atoms with van der Waals surface area (Å²) in [6.07, 6.45) is 3.67. The first-order valence-corrected chi connectivity index (χ1v) is 9.28. The molecule has 4 nitrogen and oxygen atoms in total. The molecule has 8 heteroatoms. The van der Waals surface area contributed by atoms with Gasteiger partial charge in [0.05, 0.1) is 11.0 Å². The van der Waals surface area contributed by atoms with Crippen molar-refractivity contribution in [3.05, 3.63) is 51.5 Å². The number of aliphatic imine (C=N–C) groups is 1. The number of thiazole rings is 1. The van der Waals surface area contributed by atoms with Crippen molar-refractivity contribution < 1.29 is 8.78 Å². The van der Waals surface area contributed by atoms with Crippen LogP contribution in [0.3, 0.4) is 0 Å². The molecule has 0 amide bonds. The molecule has 0 spiro atoms. The number of hydrogen-bond acceptors (Lipinski definition) is 3. The highest BCUT2D eigenvalue weighted by molar-refractivity contribution is 14.0. The summed E-state index contributed by atoms with van der Waals surface area (Å²) in [7, 11) is 0. The minimum atomic E-state index is -0.580. The maximum Gasteiger partial charge on any atom is 0.191 e. The molecule has 0 aliphatic carbocycles. The summed E-state index contributed by atoms with van der Waals surface area (Å²) in [5.74, 6) is -0.541. The van der Waals surface area contributed by atoms with Crippen LogP contribution in [-0.2, 0) is 12.8 Å². The molecule has 2 N–H and O–H groups in total. The van der Waals surface area contributed by atoms with Crippen LogP contribution in [0, 0.1) is 11.6 Å². The maximum absolute atomic E-state index is 13.9. The topological polar surface area (TPSA) is 49.3 Å². The van der Waals surface area contributed by atoms with E-state index in [1.54, 1.807) is 11.3 Å². The minimum Gasteiger partial charge on any atom is -0.357 e. The lowest BCUT2D eigenvalue weighted by Crippen LogP contribution is -2.39. The number of aryl methyl sites for hydroxylation is 1. The molecule has 2 rings (SSSR count). The van der Waals surface area contributed by atoms with Gasteiger partial charge >= 0.3 is 0 Å². The zero-order chi connectivity index (χ0) is 18.2. The largest absolute Gasteiger partial charge is 0.357 e. The summed E-state index contributed by atoms with van der Waals surface area (Å²) in [6.45, 7) is 7.18. The van der Waals surface area contributed by atoms with Crippen molar-refractivity contribution in [2.75, 3.05) is 13.1 Å². The van der Waals surface area contributed by atoms with Crippen molar-refractivity contribution in [2.45, 2.75) is 39.7 Å². The monoisotopic (exact) mass is 494 g/mol. The Kier molecular flexibility index (Phi) is 10.0. The number of guanidine groups is 1. The fourth-order valence-corrected chi connectivity index (χ4v) is 3.20. The Morgan fingerprint density at radius 2 is 2.08 bits per heavy atom. The molecule has 0 saturated heterocycles. The second-order valence-corrected chi connectivity index (χ2v) is 6.82. The standard InChI is InChI=1S/C18H24F2N4S.HI/c1-4-14-11-23-17(25-14)8-9-22-18(21-5-2)24-12(3)15-7-6-13(19)10-16(15)20;/h6-7,10-12H,4-5,8-9H2,1-3H3,(H2,21,22,24);1H. The van der Waals surface area contributed by atoms with Gasteiger partial charge < -0.3 is 10.6 Å². The number of rotatable bonds is 7. The third kappa shape index (κ3) is 6.79. The van der Waals surface area contributed by atoms with Gasteiger partial charge in [0, 0.05) is 42.2 Å². The molecule has 0 aliphatic heterocycles. The minimum absolute atomic E-state index is 0. The lowest BCUT2D eigenvalue weighted by atomic mass is 10.1. The van der Waals surface area contributed by atoms with Crippen LogP contribution in [0.25, 0.3) is 0 Å². The van der Waals surface area contributed by atoms with Crippen LogP contribution in [0.5, 0.6) is 0 Å². The summed E-state index contributed by atoms with van der Waals surface area (Å²) < 4.78 is 26.9. The number of nitrogens with one attached hydrogen (secondary N) is 2. The Balaban J connectivity index is 0.00000338. The van der Waals surface area contributed by atoms with Gasteiger partial charge in [-0.1, -0.05) is 13.0 Å². The molecule has 0 fully saturated rings. The molecule has 0 bridgehead atoms. The van der Waals surface area contributed by atoms with Gasteiger partial charge in [-0.3, -0.25) is 4.99 Å². The molecule has 1 aromatic heterocycles. The Hall–Kier alpha value is -1.29. The van der Waals surface area contributed by atoms with E-state index in [2.05, 4.69) is 27.5 Å². The van der Waals surface area contributed by atoms with Crippen LogP contribution >= 0.6 is 35.3 Å². The fraction of sp³-hybridized carbons (Fsp3) is 0.444. The predicted octanol–water partition coefficient (Wildman–Crippen LogP) is 4.46. The molecule has 1 atom stereocenters. The molecule has 0 aliphatic rings. The average molecular weight is 494 g/mol. The molecule has 1 aromatic carbocycles. The molecular formula is C18H25F2IN4S. The van der Waals surface area contributed by atoms with Gasteiger partial charge in [0.25, 0.3) is 0 Å². The molecule has 2 aromatic rings.